The van der Waals surface area contributed by atoms with E-state index in [0.717, 1.165) is 0 Å². The van der Waals surface area contributed by atoms with Crippen molar-refractivity contribution in [2.45, 2.75) is 26.3 Å². The molecule has 1 unspecified atom stereocenters. The highest BCUT2D eigenvalue weighted by Gasteiger charge is 2.36. The summed E-state index contributed by atoms with van der Waals surface area (Å²) >= 11 is 0. The minimum Gasteiger partial charge on any atom is -0.399 e. The smallest absolute Gasteiger partial charge is 0.331 e. The molecule has 0 aliphatic carbocycles. The van der Waals surface area contributed by atoms with E-state index in [9.17, 15) is 9.59 Å². The Bertz CT molecular complexity index is 487. The summed E-state index contributed by atoms with van der Waals surface area (Å²) in [5.41, 5.74) is 6.76. The molecule has 1 aromatic carbocycles. The third-order valence-corrected chi connectivity index (χ3v) is 3.16. The molecular weight excluding hydrogens is 230 g/mol. The monoisotopic (exact) mass is 247 g/mol. The van der Waals surface area contributed by atoms with E-state index in [-0.39, 0.29) is 18.0 Å². The highest BCUT2D eigenvalue weighted by Crippen LogP contribution is 2.25. The number of nitrogens with zero attached hydrogens (tertiary/aromatic N) is 2. The van der Waals surface area contributed by atoms with Gasteiger partial charge < -0.3 is 10.6 Å². The second-order valence-corrected chi connectivity index (χ2v) is 4.45. The van der Waals surface area contributed by atoms with Gasteiger partial charge in [-0.25, -0.2) is 9.69 Å². The van der Waals surface area contributed by atoms with Crippen molar-refractivity contribution < 1.29 is 9.59 Å². The number of amides is 3. The standard InChI is InChI=1S/C13H17N3O2/c1-3-15-9(2)7-12(17)16(13(15)18)11-6-4-5-10(14)8-11/h4-6,8-9H,3,7,14H2,1-2H3. The van der Waals surface area contributed by atoms with Gasteiger partial charge in [0.25, 0.3) is 0 Å². The molecule has 1 aliphatic rings. The molecule has 3 amide bonds. The first-order valence-corrected chi connectivity index (χ1v) is 6.03. The molecule has 0 radical (unpaired) electrons. The van der Waals surface area contributed by atoms with Crippen LogP contribution in [0, 0.1) is 0 Å². The van der Waals surface area contributed by atoms with Gasteiger partial charge >= 0.3 is 6.03 Å². The minimum atomic E-state index is -0.271. The molecule has 5 heteroatoms. The van der Waals surface area contributed by atoms with Gasteiger partial charge in [-0.2, -0.15) is 0 Å². The second kappa shape index (κ2) is 4.68. The van der Waals surface area contributed by atoms with E-state index in [2.05, 4.69) is 0 Å². The van der Waals surface area contributed by atoms with Gasteiger partial charge in [-0.1, -0.05) is 6.07 Å². The first kappa shape index (κ1) is 12.4. The van der Waals surface area contributed by atoms with Gasteiger partial charge in [0, 0.05) is 24.7 Å². The fourth-order valence-corrected chi connectivity index (χ4v) is 2.24. The Morgan fingerprint density at radius 3 is 2.72 bits per heavy atom. The van der Waals surface area contributed by atoms with Crippen LogP contribution in [0.25, 0.3) is 0 Å². The Balaban J connectivity index is 2.37. The van der Waals surface area contributed by atoms with E-state index in [1.165, 1.54) is 4.90 Å². The van der Waals surface area contributed by atoms with Gasteiger partial charge in [-0.05, 0) is 32.0 Å². The molecule has 2 N–H and O–H groups in total. The quantitative estimate of drug-likeness (QED) is 0.811. The number of benzene rings is 1. The van der Waals surface area contributed by atoms with Crippen molar-refractivity contribution in [2.24, 2.45) is 0 Å². The molecule has 1 aromatic rings. The zero-order valence-corrected chi connectivity index (χ0v) is 10.6. The van der Waals surface area contributed by atoms with Crippen molar-refractivity contribution in [3.63, 3.8) is 0 Å². The largest absolute Gasteiger partial charge is 0.399 e. The molecule has 2 rings (SSSR count). The molecule has 1 aliphatic heterocycles. The molecular formula is C13H17N3O2. The summed E-state index contributed by atoms with van der Waals surface area (Å²) in [6, 6.07) is 6.50. The van der Waals surface area contributed by atoms with Gasteiger partial charge in [0.1, 0.15) is 0 Å². The molecule has 96 valence electrons. The third kappa shape index (κ3) is 2.03. The predicted molar refractivity (Wildman–Crippen MR) is 70.2 cm³/mol. The van der Waals surface area contributed by atoms with Crippen LogP contribution < -0.4 is 10.6 Å². The van der Waals surface area contributed by atoms with Crippen LogP contribution in [0.15, 0.2) is 24.3 Å². The Morgan fingerprint density at radius 1 is 1.39 bits per heavy atom. The van der Waals surface area contributed by atoms with Gasteiger partial charge in [-0.15, -0.1) is 0 Å². The van der Waals surface area contributed by atoms with Crippen molar-refractivity contribution in [1.82, 2.24) is 4.90 Å². The summed E-state index contributed by atoms with van der Waals surface area (Å²) in [6.45, 7) is 4.38. The topological polar surface area (TPSA) is 66.6 Å². The molecule has 0 bridgehead atoms. The Morgan fingerprint density at radius 2 is 2.11 bits per heavy atom. The van der Waals surface area contributed by atoms with Gasteiger partial charge in [0.15, 0.2) is 0 Å². The Kier molecular flexibility index (Phi) is 3.23. The number of rotatable bonds is 2. The molecule has 0 spiro atoms. The van der Waals surface area contributed by atoms with E-state index >= 15 is 0 Å². The minimum absolute atomic E-state index is 0.0488. The zero-order valence-electron chi connectivity index (χ0n) is 10.6. The van der Waals surface area contributed by atoms with Crippen LogP contribution in [0.1, 0.15) is 20.3 Å². The number of hydrogen-bond donors (Lipinski definition) is 1. The van der Waals surface area contributed by atoms with Crippen LogP contribution in [-0.2, 0) is 4.79 Å². The van der Waals surface area contributed by atoms with Crippen LogP contribution in [-0.4, -0.2) is 29.4 Å². The van der Waals surface area contributed by atoms with E-state index in [1.54, 1.807) is 29.2 Å². The maximum Gasteiger partial charge on any atom is 0.331 e. The first-order valence-electron chi connectivity index (χ1n) is 6.03. The average molecular weight is 247 g/mol. The van der Waals surface area contributed by atoms with Gasteiger partial charge in [0.05, 0.1) is 5.69 Å². The van der Waals surface area contributed by atoms with Crippen molar-refractivity contribution >= 4 is 23.3 Å². The van der Waals surface area contributed by atoms with Crippen molar-refractivity contribution in [3.8, 4) is 0 Å². The van der Waals surface area contributed by atoms with Crippen molar-refractivity contribution in [1.29, 1.82) is 0 Å². The summed E-state index contributed by atoms with van der Waals surface area (Å²) in [5, 5.41) is 0. The number of nitrogens with two attached hydrogens (primary N) is 1. The second-order valence-electron chi connectivity index (χ2n) is 4.45. The molecule has 1 saturated heterocycles. The zero-order chi connectivity index (χ0) is 13.3. The SMILES string of the molecule is CCN1C(=O)N(c2cccc(N)c2)C(=O)CC1C. The van der Waals surface area contributed by atoms with E-state index in [1.807, 2.05) is 13.8 Å². The molecule has 5 nitrogen and oxygen atoms in total. The third-order valence-electron chi connectivity index (χ3n) is 3.16. The summed E-state index contributed by atoms with van der Waals surface area (Å²) in [4.78, 5) is 27.2. The van der Waals surface area contributed by atoms with Crippen LogP contribution in [0.2, 0.25) is 0 Å². The first-order chi connectivity index (χ1) is 8.54. The number of hydrogen-bond acceptors (Lipinski definition) is 3. The number of carbonyl (C=O) groups is 2. The number of anilines is 2. The molecule has 1 atom stereocenters. The average Bonchev–Trinajstić information content (AvgIpc) is 2.28. The lowest BCUT2D eigenvalue weighted by Crippen LogP contribution is -2.56. The van der Waals surface area contributed by atoms with Crippen molar-refractivity contribution in [2.75, 3.05) is 17.2 Å². The maximum atomic E-state index is 12.3. The normalized spacial score (nSPS) is 20.4. The lowest BCUT2D eigenvalue weighted by molar-refractivity contribution is -0.120. The summed E-state index contributed by atoms with van der Waals surface area (Å²) < 4.78 is 0. The highest BCUT2D eigenvalue weighted by atomic mass is 16.2. The van der Waals surface area contributed by atoms with Crippen LogP contribution in [0.3, 0.4) is 0 Å². The van der Waals surface area contributed by atoms with Crippen LogP contribution in [0.4, 0.5) is 16.2 Å². The number of nitrogen functional groups attached to an aromatic ring is 1. The van der Waals surface area contributed by atoms with Crippen LogP contribution >= 0.6 is 0 Å². The number of carbonyl (C=O) groups excluding carboxylic acids is 2. The Labute approximate surface area is 106 Å². The molecule has 1 fully saturated rings. The predicted octanol–water partition coefficient (Wildman–Crippen LogP) is 1.84. The fourth-order valence-electron chi connectivity index (χ4n) is 2.24. The molecule has 0 saturated carbocycles. The van der Waals surface area contributed by atoms with E-state index in [0.29, 0.717) is 24.3 Å². The molecule has 1 heterocycles. The summed E-state index contributed by atoms with van der Waals surface area (Å²) in [7, 11) is 0. The molecule has 18 heavy (non-hydrogen) atoms. The van der Waals surface area contributed by atoms with Gasteiger partial charge in [0.2, 0.25) is 5.91 Å². The molecule has 0 aromatic heterocycles. The number of imide groups is 1. The number of urea groups is 1. The van der Waals surface area contributed by atoms with Crippen molar-refractivity contribution in [3.05, 3.63) is 24.3 Å². The van der Waals surface area contributed by atoms with E-state index < -0.39 is 0 Å². The maximum absolute atomic E-state index is 12.3. The highest BCUT2D eigenvalue weighted by molar-refractivity contribution is 6.16. The van der Waals surface area contributed by atoms with E-state index in [4.69, 9.17) is 5.73 Å². The van der Waals surface area contributed by atoms with Gasteiger partial charge in [-0.3, -0.25) is 4.79 Å². The van der Waals surface area contributed by atoms with Crippen LogP contribution in [0.5, 0.6) is 0 Å². The Hall–Kier alpha value is -2.04. The summed E-state index contributed by atoms with van der Waals surface area (Å²) in [6.07, 6.45) is 0.342. The summed E-state index contributed by atoms with van der Waals surface area (Å²) in [5.74, 6) is -0.178. The lowest BCUT2D eigenvalue weighted by Gasteiger charge is -2.38. The lowest BCUT2D eigenvalue weighted by atomic mass is 10.1. The fraction of sp³-hybridized carbons (Fsp3) is 0.385.